The van der Waals surface area contributed by atoms with Gasteiger partial charge in [0.15, 0.2) is 0 Å². The third-order valence-corrected chi connectivity index (χ3v) is 14.5. The zero-order chi connectivity index (χ0) is 52.0. The van der Waals surface area contributed by atoms with Crippen molar-refractivity contribution >= 4 is 52.9 Å². The fourth-order valence-corrected chi connectivity index (χ4v) is 10.0. The van der Waals surface area contributed by atoms with Crippen LogP contribution in [0.15, 0.2) is 46.7 Å². The summed E-state index contributed by atoms with van der Waals surface area (Å²) in [5.41, 5.74) is -1.67. The Balaban J connectivity index is 1.64. The number of amides is 2. The number of aliphatic carboxylic acids is 1. The lowest BCUT2D eigenvalue weighted by molar-refractivity contribution is -0.160. The van der Waals surface area contributed by atoms with E-state index in [-0.39, 0.29) is 51.9 Å². The first-order valence-corrected chi connectivity index (χ1v) is 25.2. The third kappa shape index (κ3) is 14.2. The monoisotopic (exact) mass is 996 g/mol. The maximum atomic E-state index is 14.8. The highest BCUT2D eigenvalue weighted by molar-refractivity contribution is 8.04. The molecule has 2 amide bonds. The van der Waals surface area contributed by atoms with Gasteiger partial charge in [0.25, 0.3) is 11.7 Å². The number of hydrogen-bond donors (Lipinski definition) is 6. The number of rotatable bonds is 18. The number of aromatic hydroxyl groups is 1. The maximum Gasteiger partial charge on any atom is 0.312 e. The fourth-order valence-electron chi connectivity index (χ4n) is 9.00. The van der Waals surface area contributed by atoms with Crippen LogP contribution in [0.1, 0.15) is 156 Å². The summed E-state index contributed by atoms with van der Waals surface area (Å²) in [5, 5.41) is 48.7. The van der Waals surface area contributed by atoms with Crippen molar-refractivity contribution in [1.82, 2.24) is 10.6 Å². The van der Waals surface area contributed by atoms with E-state index < -0.39 is 112 Å². The number of esters is 1. The van der Waals surface area contributed by atoms with Gasteiger partial charge in [0.05, 0.1) is 46.2 Å². The predicted molar refractivity (Wildman–Crippen MR) is 262 cm³/mol. The molecule has 5 bridgehead atoms. The molecule has 17 nitrogen and oxygen atoms in total. The van der Waals surface area contributed by atoms with E-state index in [0.717, 1.165) is 69.4 Å². The summed E-state index contributed by atoms with van der Waals surface area (Å²) in [6.45, 7) is 12.7. The van der Waals surface area contributed by atoms with Crippen molar-refractivity contribution in [3.63, 3.8) is 0 Å². The van der Waals surface area contributed by atoms with Gasteiger partial charge in [-0.1, -0.05) is 90.9 Å². The minimum absolute atomic E-state index is 0.00146. The molecular weight excluding hydrogens is 925 g/mol. The van der Waals surface area contributed by atoms with Crippen molar-refractivity contribution in [1.29, 1.82) is 0 Å². The molecule has 0 radical (unpaired) electrons. The van der Waals surface area contributed by atoms with Crippen LogP contribution < -0.4 is 15.4 Å². The van der Waals surface area contributed by atoms with Crippen molar-refractivity contribution in [2.24, 2.45) is 23.7 Å². The van der Waals surface area contributed by atoms with Crippen LogP contribution >= 0.6 is 11.8 Å². The number of hydrogen-bond acceptors (Lipinski definition) is 15. The van der Waals surface area contributed by atoms with Crippen LogP contribution in [0.2, 0.25) is 0 Å². The summed E-state index contributed by atoms with van der Waals surface area (Å²) in [5.74, 6) is -10.7. The Morgan fingerprint density at radius 3 is 2.07 bits per heavy atom. The maximum absolute atomic E-state index is 14.8. The Labute approximate surface area is 414 Å². The van der Waals surface area contributed by atoms with Crippen LogP contribution in [0.5, 0.6) is 11.5 Å². The number of carboxylic acid groups (broad SMARTS) is 1. The van der Waals surface area contributed by atoms with E-state index in [9.17, 15) is 48.9 Å². The molecule has 1 aliphatic carbocycles. The van der Waals surface area contributed by atoms with E-state index in [2.05, 4.69) is 10.6 Å². The van der Waals surface area contributed by atoms with E-state index in [1.54, 1.807) is 33.8 Å². The number of carboxylic acids is 1. The van der Waals surface area contributed by atoms with E-state index in [1.165, 1.54) is 53.0 Å². The second-order valence-corrected chi connectivity index (χ2v) is 19.9. The number of carbonyl (C=O) groups is 7. The third-order valence-electron chi connectivity index (χ3n) is 13.4. The van der Waals surface area contributed by atoms with Gasteiger partial charge in [-0.3, -0.25) is 33.6 Å². The van der Waals surface area contributed by atoms with Crippen LogP contribution in [0, 0.1) is 30.6 Å². The SMILES string of the molecule is CO[C@H]1/C=C/O[C@@]2(C)Oc3c(C)c(O)c4c(c3C2=O)C(=O)C(SCCC(=O)NCCCCCCCCCCCC(=O)O)=C(NC(=O)/C(C)=C\C=C\[C@@H](C)[C@H](O)[C@@H](C)[C@H](O)[C@@H](C)[C@H](OC(C)=O)[C@@H]1C)C4=O. The number of Topliss-reactive ketones (excluding diaryl/α,β-unsaturated/α-hetero) is 3. The van der Waals surface area contributed by atoms with Gasteiger partial charge in [-0.2, -0.15) is 0 Å². The Hall–Kier alpha value is -5.30. The number of ether oxygens (including phenoxy) is 4. The molecule has 70 heavy (non-hydrogen) atoms. The first-order valence-electron chi connectivity index (χ1n) is 24.2. The van der Waals surface area contributed by atoms with Crippen LogP contribution in [-0.4, -0.2) is 111 Å². The Bertz CT molecular complexity index is 2250. The first-order chi connectivity index (χ1) is 33.1. The average Bonchev–Trinajstić information content (AvgIpc) is 3.58. The summed E-state index contributed by atoms with van der Waals surface area (Å²) in [4.78, 5) is 93.4. The van der Waals surface area contributed by atoms with Crippen molar-refractivity contribution in [2.45, 2.75) is 156 Å². The molecule has 0 unspecified atom stereocenters. The zero-order valence-corrected chi connectivity index (χ0v) is 42.7. The summed E-state index contributed by atoms with van der Waals surface area (Å²) >= 11 is 0.844. The van der Waals surface area contributed by atoms with Crippen molar-refractivity contribution in [2.75, 3.05) is 19.4 Å². The van der Waals surface area contributed by atoms with Gasteiger partial charge < -0.3 is 50.0 Å². The number of carbonyl (C=O) groups excluding carboxylic acids is 6. The lowest BCUT2D eigenvalue weighted by Crippen LogP contribution is -2.46. The van der Waals surface area contributed by atoms with E-state index in [4.69, 9.17) is 24.1 Å². The molecule has 9 atom stereocenters. The van der Waals surface area contributed by atoms with Crippen molar-refractivity contribution in [3.05, 3.63) is 69.0 Å². The minimum atomic E-state index is -2.13. The quantitative estimate of drug-likeness (QED) is 0.0628. The number of phenols is 1. The second-order valence-electron chi connectivity index (χ2n) is 18.8. The van der Waals surface area contributed by atoms with Gasteiger partial charge >= 0.3 is 17.7 Å². The standard InChI is InChI=1S/C52H72N2O15S/c1-28-20-19-21-29(2)51(65)54-41-45(62)39-38(46(63)49(41)70-27-24-36(56)53-25-18-16-14-12-10-11-13-15-17-22-37(57)58)40-48(33(6)44(39)61)69-52(8,50(40)64)67-26-23-35(66-9)30(3)47(68-34(7)55)32(5)43(60)31(4)42(28)59/h19-21,23,26,28,30-32,35,42-43,47,59-61H,10-18,22,24-25,27H2,1-9H3,(H,53,56)(H,54,65)(H,57,58)/b20-19+,26-23+,29-21-/t28-,30-,31-,32-,35+,42+,43+,47-,52+/m1/s1. The molecule has 3 aliphatic heterocycles. The number of aliphatic hydroxyl groups excluding tert-OH is 2. The van der Waals surface area contributed by atoms with Gasteiger partial charge in [-0.25, -0.2) is 0 Å². The minimum Gasteiger partial charge on any atom is -0.507 e. The molecule has 0 saturated carbocycles. The van der Waals surface area contributed by atoms with E-state index >= 15 is 0 Å². The molecule has 3 heterocycles. The number of phenolic OH excluding ortho intramolecular Hbond substituents is 1. The first kappa shape index (κ1) is 57.3. The van der Waals surface area contributed by atoms with Crippen molar-refractivity contribution in [3.8, 4) is 11.5 Å². The lowest BCUT2D eigenvalue weighted by atomic mass is 9.78. The molecule has 0 spiro atoms. The number of nitrogens with one attached hydrogen (secondary N) is 2. The van der Waals surface area contributed by atoms with Crippen molar-refractivity contribution < 1.29 is 72.9 Å². The second kappa shape index (κ2) is 26.2. The molecule has 4 aliphatic rings. The predicted octanol–water partition coefficient (Wildman–Crippen LogP) is 7.18. The van der Waals surface area contributed by atoms with Crippen LogP contribution in [0.3, 0.4) is 0 Å². The highest BCUT2D eigenvalue weighted by Crippen LogP contribution is 2.49. The molecule has 386 valence electrons. The van der Waals surface area contributed by atoms with E-state index in [0.29, 0.717) is 13.0 Å². The lowest BCUT2D eigenvalue weighted by Gasteiger charge is -2.38. The zero-order valence-electron chi connectivity index (χ0n) is 41.9. The Morgan fingerprint density at radius 2 is 1.46 bits per heavy atom. The average molecular weight is 997 g/mol. The number of thioether (sulfide) groups is 1. The topological polar surface area (TPSA) is 261 Å². The van der Waals surface area contributed by atoms with Gasteiger partial charge in [0.1, 0.15) is 23.3 Å². The van der Waals surface area contributed by atoms with Crippen LogP contribution in [0.4, 0.5) is 0 Å². The fraction of sp³-hybridized carbons (Fsp3) is 0.596. The number of methoxy groups -OCH3 is 1. The van der Waals surface area contributed by atoms with Gasteiger partial charge in [0, 0.05) is 80.9 Å². The van der Waals surface area contributed by atoms with Gasteiger partial charge in [-0.05, 0) is 32.8 Å². The van der Waals surface area contributed by atoms with Gasteiger partial charge in [0.2, 0.25) is 17.5 Å². The summed E-state index contributed by atoms with van der Waals surface area (Å²) in [7, 11) is 1.41. The smallest absolute Gasteiger partial charge is 0.312 e. The normalized spacial score (nSPS) is 28.0. The molecule has 18 heteroatoms. The summed E-state index contributed by atoms with van der Waals surface area (Å²) < 4.78 is 23.5. The summed E-state index contributed by atoms with van der Waals surface area (Å²) in [6, 6.07) is 0. The molecule has 0 saturated heterocycles. The van der Waals surface area contributed by atoms with E-state index in [1.807, 2.05) is 0 Å². The van der Waals surface area contributed by atoms with Gasteiger partial charge in [-0.15, -0.1) is 11.8 Å². The number of fused-ring (bicyclic) bond motifs is 14. The molecule has 5 rings (SSSR count). The highest BCUT2D eigenvalue weighted by Gasteiger charge is 2.53. The van der Waals surface area contributed by atoms with Crippen LogP contribution in [0.25, 0.3) is 0 Å². The molecule has 1 aromatic carbocycles. The molecule has 0 fully saturated rings. The number of benzene rings is 1. The summed E-state index contributed by atoms with van der Waals surface area (Å²) in [6.07, 6.45) is 11.8. The Kier molecular flexibility index (Phi) is 21.5. The molecule has 1 aromatic rings. The number of allylic oxidation sites excluding steroid dienone is 4. The van der Waals surface area contributed by atoms with Crippen LogP contribution in [-0.2, 0) is 33.4 Å². The number of unbranched alkanes of at least 4 members (excludes halogenated alkanes) is 8. The Morgan fingerprint density at radius 1 is 0.829 bits per heavy atom. The number of ketones is 3. The molecule has 6 N–H and O–H groups in total. The number of aliphatic hydroxyl groups is 2. The molecular formula is C52H72N2O15S. The highest BCUT2D eigenvalue weighted by atomic mass is 32.2. The largest absolute Gasteiger partial charge is 0.507 e. The molecule has 0 aromatic heterocycles.